The molecule has 2 unspecified atom stereocenters. The Morgan fingerprint density at radius 3 is 2.39 bits per heavy atom. The Hall–Kier alpha value is -1.93. The maximum atomic E-state index is 14.1. The van der Waals surface area contributed by atoms with Gasteiger partial charge in [0.15, 0.2) is 5.82 Å². The SMILES string of the molecule is COC[C@H]1CC[C@H](COC)N1C(=O)C1C(C)=Nc2ccnn2C1c1ccc(Cl)c(Cl)c1. The zero-order valence-corrected chi connectivity index (χ0v) is 19.3. The number of methoxy groups -OCH3 is 2. The van der Waals surface area contributed by atoms with Crippen molar-refractivity contribution in [3.63, 3.8) is 0 Å². The smallest absolute Gasteiger partial charge is 0.234 e. The maximum Gasteiger partial charge on any atom is 0.234 e. The summed E-state index contributed by atoms with van der Waals surface area (Å²) in [5, 5.41) is 5.39. The standard InChI is InChI=1S/C22H26Cl2N4O3/c1-13-20(22(29)27-15(11-30-2)5-6-16(27)12-31-3)21(28-19(26-13)8-9-25-28)14-4-7-17(23)18(24)10-14/h4,7-10,15-16,20-21H,5-6,11-12H2,1-3H3/t15-,16-,20?,21?/m1/s1. The van der Waals surface area contributed by atoms with Crippen molar-refractivity contribution in [2.24, 2.45) is 10.9 Å². The molecule has 0 radical (unpaired) electrons. The van der Waals surface area contributed by atoms with Gasteiger partial charge < -0.3 is 14.4 Å². The Bertz CT molecular complexity index is 979. The zero-order chi connectivity index (χ0) is 22.1. The number of likely N-dealkylation sites (tertiary alicyclic amines) is 1. The summed E-state index contributed by atoms with van der Waals surface area (Å²) in [7, 11) is 3.32. The number of rotatable bonds is 6. The van der Waals surface area contributed by atoms with Gasteiger partial charge in [-0.2, -0.15) is 5.10 Å². The summed E-state index contributed by atoms with van der Waals surface area (Å²) in [6, 6.07) is 6.91. The number of fused-ring (bicyclic) bond motifs is 1. The van der Waals surface area contributed by atoms with Gasteiger partial charge in [0.1, 0.15) is 5.92 Å². The highest BCUT2D eigenvalue weighted by molar-refractivity contribution is 6.42. The van der Waals surface area contributed by atoms with Gasteiger partial charge in [0.05, 0.1) is 47.6 Å². The molecule has 2 aliphatic rings. The van der Waals surface area contributed by atoms with E-state index in [2.05, 4.69) is 10.1 Å². The summed E-state index contributed by atoms with van der Waals surface area (Å²) < 4.78 is 12.6. The fourth-order valence-electron chi connectivity index (χ4n) is 4.77. The number of carbonyl (C=O) groups excluding carboxylic acids is 1. The summed E-state index contributed by atoms with van der Waals surface area (Å²) in [5.74, 6) is 0.183. The van der Waals surface area contributed by atoms with Crippen LogP contribution in [-0.4, -0.2) is 65.8 Å². The zero-order valence-electron chi connectivity index (χ0n) is 17.8. The van der Waals surface area contributed by atoms with Crippen LogP contribution in [0.5, 0.6) is 0 Å². The van der Waals surface area contributed by atoms with Crippen molar-refractivity contribution in [3.8, 4) is 0 Å². The predicted molar refractivity (Wildman–Crippen MR) is 120 cm³/mol. The molecule has 7 nitrogen and oxygen atoms in total. The average Bonchev–Trinajstić information content (AvgIpc) is 3.36. The first-order valence-corrected chi connectivity index (χ1v) is 11.1. The van der Waals surface area contributed by atoms with Crippen molar-refractivity contribution in [2.45, 2.75) is 37.9 Å². The molecule has 3 heterocycles. The van der Waals surface area contributed by atoms with Crippen molar-refractivity contribution in [3.05, 3.63) is 46.1 Å². The van der Waals surface area contributed by atoms with Gasteiger partial charge in [-0.1, -0.05) is 29.3 Å². The topological polar surface area (TPSA) is 69.0 Å². The lowest BCUT2D eigenvalue weighted by atomic mass is 9.86. The first kappa shape index (κ1) is 22.3. The average molecular weight is 465 g/mol. The Kier molecular flexibility index (Phi) is 6.67. The summed E-state index contributed by atoms with van der Waals surface area (Å²) in [6.45, 7) is 2.87. The summed E-state index contributed by atoms with van der Waals surface area (Å²) in [6.07, 6.45) is 3.45. The van der Waals surface area contributed by atoms with Crippen molar-refractivity contribution in [2.75, 3.05) is 27.4 Å². The van der Waals surface area contributed by atoms with E-state index in [1.807, 2.05) is 30.0 Å². The third-order valence-electron chi connectivity index (χ3n) is 6.11. The number of halogens is 2. The van der Waals surface area contributed by atoms with Crippen LogP contribution < -0.4 is 0 Å². The van der Waals surface area contributed by atoms with Crippen LogP contribution in [0, 0.1) is 5.92 Å². The first-order chi connectivity index (χ1) is 15.0. The molecule has 1 aromatic carbocycles. The number of aliphatic imine (C=N–C) groups is 1. The van der Waals surface area contributed by atoms with Crippen molar-refractivity contribution < 1.29 is 14.3 Å². The minimum Gasteiger partial charge on any atom is -0.383 e. The lowest BCUT2D eigenvalue weighted by Gasteiger charge is -2.38. The van der Waals surface area contributed by atoms with Crippen molar-refractivity contribution in [1.82, 2.24) is 14.7 Å². The Balaban J connectivity index is 1.78. The first-order valence-electron chi connectivity index (χ1n) is 10.3. The second-order valence-electron chi connectivity index (χ2n) is 8.02. The second kappa shape index (κ2) is 9.28. The van der Waals surface area contributed by atoms with E-state index in [0.717, 1.165) is 24.1 Å². The number of hydrogen-bond acceptors (Lipinski definition) is 5. The van der Waals surface area contributed by atoms with E-state index < -0.39 is 5.92 Å². The van der Waals surface area contributed by atoms with Gasteiger partial charge >= 0.3 is 0 Å². The van der Waals surface area contributed by atoms with Crippen LogP contribution >= 0.6 is 23.2 Å². The summed E-state index contributed by atoms with van der Waals surface area (Å²) in [4.78, 5) is 20.7. The van der Waals surface area contributed by atoms with Gasteiger partial charge in [-0.25, -0.2) is 9.67 Å². The molecule has 1 aromatic heterocycles. The molecule has 2 aliphatic heterocycles. The van der Waals surface area contributed by atoms with Crippen LogP contribution in [0.1, 0.15) is 31.4 Å². The molecule has 4 atom stereocenters. The number of benzene rings is 1. The highest BCUT2D eigenvalue weighted by Gasteiger charge is 2.45. The van der Waals surface area contributed by atoms with Crippen molar-refractivity contribution >= 4 is 40.6 Å². The number of hydrogen-bond donors (Lipinski definition) is 0. The van der Waals surface area contributed by atoms with Gasteiger partial charge in [-0.15, -0.1) is 0 Å². The molecule has 0 aliphatic carbocycles. The van der Waals surface area contributed by atoms with E-state index in [1.165, 1.54) is 0 Å². The van der Waals surface area contributed by atoms with Crippen molar-refractivity contribution in [1.29, 1.82) is 0 Å². The van der Waals surface area contributed by atoms with E-state index in [4.69, 9.17) is 32.7 Å². The second-order valence-corrected chi connectivity index (χ2v) is 8.84. The van der Waals surface area contributed by atoms with E-state index >= 15 is 0 Å². The molecule has 2 aromatic rings. The number of carbonyl (C=O) groups is 1. The molecule has 1 fully saturated rings. The van der Waals surface area contributed by atoms with E-state index in [1.54, 1.807) is 31.2 Å². The molecular weight excluding hydrogens is 439 g/mol. The molecule has 166 valence electrons. The lowest BCUT2D eigenvalue weighted by Crippen LogP contribution is -2.51. The Morgan fingerprint density at radius 1 is 1.10 bits per heavy atom. The number of amides is 1. The highest BCUT2D eigenvalue weighted by Crippen LogP contribution is 2.40. The van der Waals surface area contributed by atoms with Crippen LogP contribution in [0.3, 0.4) is 0 Å². The van der Waals surface area contributed by atoms with Crippen LogP contribution in [0.2, 0.25) is 10.0 Å². The molecule has 4 rings (SSSR count). The van der Waals surface area contributed by atoms with Gasteiger partial charge in [0, 0.05) is 26.0 Å². The molecule has 0 saturated carbocycles. The van der Waals surface area contributed by atoms with Gasteiger partial charge in [-0.3, -0.25) is 4.79 Å². The van der Waals surface area contributed by atoms with Crippen LogP contribution in [0.15, 0.2) is 35.5 Å². The molecule has 0 bridgehead atoms. The maximum absolute atomic E-state index is 14.1. The van der Waals surface area contributed by atoms with E-state index in [-0.39, 0.29) is 24.0 Å². The van der Waals surface area contributed by atoms with Gasteiger partial charge in [0.25, 0.3) is 0 Å². The normalized spacial score (nSPS) is 25.5. The lowest BCUT2D eigenvalue weighted by molar-refractivity contribution is -0.139. The quantitative estimate of drug-likeness (QED) is 0.643. The number of nitrogens with zero attached hydrogens (tertiary/aromatic N) is 4. The minimum atomic E-state index is -0.526. The molecule has 31 heavy (non-hydrogen) atoms. The largest absolute Gasteiger partial charge is 0.383 e. The molecule has 0 spiro atoms. The van der Waals surface area contributed by atoms with Gasteiger partial charge in [0.2, 0.25) is 5.91 Å². The Labute approximate surface area is 191 Å². The van der Waals surface area contributed by atoms with Gasteiger partial charge in [-0.05, 0) is 37.5 Å². The third-order valence-corrected chi connectivity index (χ3v) is 6.85. The third kappa shape index (κ3) is 4.12. The summed E-state index contributed by atoms with van der Waals surface area (Å²) in [5.41, 5.74) is 1.60. The van der Waals surface area contributed by atoms with Crippen LogP contribution in [0.25, 0.3) is 0 Å². The molecule has 0 N–H and O–H groups in total. The fourth-order valence-corrected chi connectivity index (χ4v) is 5.07. The number of aromatic nitrogens is 2. The van der Waals surface area contributed by atoms with Crippen LogP contribution in [-0.2, 0) is 14.3 Å². The summed E-state index contributed by atoms with van der Waals surface area (Å²) >= 11 is 12.5. The van der Waals surface area contributed by atoms with E-state index in [9.17, 15) is 4.79 Å². The molecular formula is C22H26Cl2N4O3. The highest BCUT2D eigenvalue weighted by atomic mass is 35.5. The fraction of sp³-hybridized carbons (Fsp3) is 0.500. The minimum absolute atomic E-state index is 0.0000671. The monoisotopic (exact) mass is 464 g/mol. The van der Waals surface area contributed by atoms with Crippen LogP contribution in [0.4, 0.5) is 5.82 Å². The van der Waals surface area contributed by atoms with E-state index in [0.29, 0.717) is 29.1 Å². The predicted octanol–water partition coefficient (Wildman–Crippen LogP) is 4.15. The number of ether oxygens (including phenoxy) is 2. The molecule has 1 saturated heterocycles. The Morgan fingerprint density at radius 2 is 1.77 bits per heavy atom. The molecule has 9 heteroatoms. The molecule has 1 amide bonds.